The lowest BCUT2D eigenvalue weighted by Gasteiger charge is -2.52. The topological polar surface area (TPSA) is 49.8 Å². The van der Waals surface area contributed by atoms with Gasteiger partial charge in [0.05, 0.1) is 12.7 Å². The van der Waals surface area contributed by atoms with Crippen molar-refractivity contribution in [3.63, 3.8) is 0 Å². The van der Waals surface area contributed by atoms with Crippen LogP contribution in [0.5, 0.6) is 5.75 Å². The average molecular weight is 365 g/mol. The minimum atomic E-state index is -0.884. The van der Waals surface area contributed by atoms with Crippen LogP contribution in [0.2, 0.25) is 0 Å². The van der Waals surface area contributed by atoms with Gasteiger partial charge in [0, 0.05) is 24.1 Å². The highest BCUT2D eigenvalue weighted by atomic mass is 16.5. The van der Waals surface area contributed by atoms with Crippen molar-refractivity contribution in [2.24, 2.45) is 5.92 Å². The molecule has 27 heavy (non-hydrogen) atoms. The number of aliphatic hydroxyl groups is 1. The van der Waals surface area contributed by atoms with E-state index in [0.29, 0.717) is 13.0 Å². The van der Waals surface area contributed by atoms with Crippen LogP contribution in [0.25, 0.3) is 0 Å². The fraction of sp³-hybridized carbons (Fsp3) is 0.435. The summed E-state index contributed by atoms with van der Waals surface area (Å²) in [6, 6.07) is 17.4. The molecule has 4 nitrogen and oxygen atoms in total. The lowest BCUT2D eigenvalue weighted by Crippen LogP contribution is -2.58. The number of piperidine rings is 1. The summed E-state index contributed by atoms with van der Waals surface area (Å²) in [5.74, 6) is 0.949. The summed E-state index contributed by atoms with van der Waals surface area (Å²) in [5.41, 5.74) is 0.786. The molecule has 142 valence electrons. The monoisotopic (exact) mass is 365 g/mol. The first-order chi connectivity index (χ1) is 13.1. The lowest BCUT2D eigenvalue weighted by molar-refractivity contribution is -0.110. The van der Waals surface area contributed by atoms with E-state index < -0.39 is 5.60 Å². The highest BCUT2D eigenvalue weighted by Crippen LogP contribution is 2.47. The van der Waals surface area contributed by atoms with E-state index in [1.165, 1.54) is 0 Å². The second-order valence-corrected chi connectivity index (χ2v) is 7.73. The number of hydrogen-bond acceptors (Lipinski definition) is 3. The molecule has 0 aromatic heterocycles. The van der Waals surface area contributed by atoms with Crippen LogP contribution in [0.4, 0.5) is 0 Å². The molecule has 0 radical (unpaired) electrons. The van der Waals surface area contributed by atoms with Crippen LogP contribution in [0.15, 0.2) is 54.6 Å². The third kappa shape index (κ3) is 3.23. The molecule has 3 atom stereocenters. The van der Waals surface area contributed by atoms with Crippen molar-refractivity contribution in [3.05, 3.63) is 65.7 Å². The maximum atomic E-state index is 13.1. The molecule has 2 aromatic carbocycles. The summed E-state index contributed by atoms with van der Waals surface area (Å²) < 4.78 is 5.26. The maximum absolute atomic E-state index is 13.1. The molecule has 1 saturated carbocycles. The van der Waals surface area contributed by atoms with Crippen LogP contribution >= 0.6 is 0 Å². The Bertz CT molecular complexity index is 789. The van der Waals surface area contributed by atoms with Gasteiger partial charge in [0.25, 0.3) is 5.91 Å². The van der Waals surface area contributed by atoms with Crippen molar-refractivity contribution >= 4 is 5.91 Å². The first kappa shape index (κ1) is 18.1. The fourth-order valence-electron chi connectivity index (χ4n) is 4.92. The maximum Gasteiger partial charge on any atom is 0.254 e. The van der Waals surface area contributed by atoms with Gasteiger partial charge in [0.2, 0.25) is 0 Å². The number of benzene rings is 2. The smallest absolute Gasteiger partial charge is 0.254 e. The highest BCUT2D eigenvalue weighted by molar-refractivity contribution is 5.94. The summed E-state index contributed by atoms with van der Waals surface area (Å²) in [6.07, 6.45) is 4.69. The minimum absolute atomic E-state index is 0.0704. The van der Waals surface area contributed by atoms with Crippen molar-refractivity contribution in [1.29, 1.82) is 0 Å². The largest absolute Gasteiger partial charge is 0.497 e. The van der Waals surface area contributed by atoms with E-state index in [-0.39, 0.29) is 17.9 Å². The summed E-state index contributed by atoms with van der Waals surface area (Å²) in [6.45, 7) is 0.581. The molecule has 1 aliphatic carbocycles. The van der Waals surface area contributed by atoms with E-state index in [4.69, 9.17) is 4.74 Å². The van der Waals surface area contributed by atoms with E-state index in [1.54, 1.807) is 7.11 Å². The molecule has 3 unspecified atom stereocenters. The van der Waals surface area contributed by atoms with Gasteiger partial charge in [0.15, 0.2) is 0 Å². The zero-order chi connectivity index (χ0) is 18.9. The molecular formula is C23H27NO3. The molecular weight excluding hydrogens is 338 g/mol. The Morgan fingerprint density at radius 3 is 2.48 bits per heavy atom. The number of ether oxygens (including phenoxy) is 1. The van der Waals surface area contributed by atoms with Crippen molar-refractivity contribution in [2.45, 2.75) is 43.7 Å². The Hall–Kier alpha value is -2.33. The van der Waals surface area contributed by atoms with E-state index in [2.05, 4.69) is 0 Å². The van der Waals surface area contributed by atoms with Crippen LogP contribution in [-0.2, 0) is 5.60 Å². The first-order valence-corrected chi connectivity index (χ1v) is 9.86. The molecule has 1 aliphatic heterocycles. The van der Waals surface area contributed by atoms with Crippen LogP contribution in [-0.4, -0.2) is 35.6 Å². The Balaban J connectivity index is 1.64. The van der Waals surface area contributed by atoms with Gasteiger partial charge >= 0.3 is 0 Å². The number of rotatable bonds is 3. The van der Waals surface area contributed by atoms with Crippen LogP contribution in [0.3, 0.4) is 0 Å². The number of fused-ring (bicyclic) bond motifs is 1. The predicted molar refractivity (Wildman–Crippen MR) is 105 cm³/mol. The highest BCUT2D eigenvalue weighted by Gasteiger charge is 2.50. The normalized spacial score (nSPS) is 27.7. The molecule has 2 aliphatic rings. The van der Waals surface area contributed by atoms with Gasteiger partial charge in [-0.1, -0.05) is 43.2 Å². The second kappa shape index (κ2) is 7.35. The third-order valence-corrected chi connectivity index (χ3v) is 6.35. The van der Waals surface area contributed by atoms with Gasteiger partial charge in [-0.3, -0.25) is 4.79 Å². The van der Waals surface area contributed by atoms with Gasteiger partial charge in [-0.2, -0.15) is 0 Å². The number of nitrogens with zero attached hydrogens (tertiary/aromatic N) is 1. The summed E-state index contributed by atoms with van der Waals surface area (Å²) >= 11 is 0. The Kier molecular flexibility index (Phi) is 4.92. The lowest BCUT2D eigenvalue weighted by atomic mass is 9.66. The van der Waals surface area contributed by atoms with Crippen LogP contribution in [0.1, 0.15) is 48.0 Å². The van der Waals surface area contributed by atoms with E-state index in [9.17, 15) is 9.90 Å². The number of carbonyl (C=O) groups is 1. The number of likely N-dealkylation sites (tertiary alicyclic amines) is 1. The van der Waals surface area contributed by atoms with Crippen molar-refractivity contribution < 1.29 is 14.6 Å². The molecule has 0 spiro atoms. The molecule has 1 heterocycles. The molecule has 1 saturated heterocycles. The molecule has 4 heteroatoms. The quantitative estimate of drug-likeness (QED) is 0.895. The van der Waals surface area contributed by atoms with E-state index >= 15 is 0 Å². The first-order valence-electron chi connectivity index (χ1n) is 9.86. The van der Waals surface area contributed by atoms with Gasteiger partial charge in [-0.15, -0.1) is 0 Å². The van der Waals surface area contributed by atoms with Crippen LogP contribution < -0.4 is 4.74 Å². The SMILES string of the molecule is COc1ccc(C2(O)CCN(C(=O)c3ccccc3)C3CCCCC32)cc1. The standard InChI is InChI=1S/C23H27NO3/c1-27-19-13-11-18(12-14-19)23(26)15-16-24(21-10-6-5-9-20(21)23)22(25)17-7-3-2-4-8-17/h2-4,7-8,11-14,20-21,26H,5-6,9-10,15-16H2,1H3. The molecule has 0 bridgehead atoms. The van der Waals surface area contributed by atoms with Crippen molar-refractivity contribution in [2.75, 3.05) is 13.7 Å². The predicted octanol–water partition coefficient (Wildman–Crippen LogP) is 3.99. The van der Waals surface area contributed by atoms with Crippen LogP contribution in [0, 0.1) is 5.92 Å². The molecule has 1 amide bonds. The zero-order valence-electron chi connectivity index (χ0n) is 15.8. The number of methoxy groups -OCH3 is 1. The number of carbonyl (C=O) groups excluding carboxylic acids is 1. The van der Waals surface area contributed by atoms with Gasteiger partial charge in [-0.05, 0) is 49.1 Å². The Labute approximate surface area is 160 Å². The second-order valence-electron chi connectivity index (χ2n) is 7.73. The third-order valence-electron chi connectivity index (χ3n) is 6.35. The van der Waals surface area contributed by atoms with Gasteiger partial charge in [0.1, 0.15) is 5.75 Å². The van der Waals surface area contributed by atoms with Gasteiger partial charge in [-0.25, -0.2) is 0 Å². The Morgan fingerprint density at radius 1 is 1.07 bits per heavy atom. The summed E-state index contributed by atoms with van der Waals surface area (Å²) in [4.78, 5) is 15.1. The fourth-order valence-corrected chi connectivity index (χ4v) is 4.92. The number of hydrogen-bond donors (Lipinski definition) is 1. The van der Waals surface area contributed by atoms with Crippen molar-refractivity contribution in [1.82, 2.24) is 4.90 Å². The van der Waals surface area contributed by atoms with Crippen molar-refractivity contribution in [3.8, 4) is 5.75 Å². The summed E-state index contributed by atoms with van der Waals surface area (Å²) in [5, 5.41) is 11.7. The Morgan fingerprint density at radius 2 is 1.78 bits per heavy atom. The van der Waals surface area contributed by atoms with E-state index in [0.717, 1.165) is 42.6 Å². The average Bonchev–Trinajstić information content (AvgIpc) is 2.74. The molecule has 4 rings (SSSR count). The molecule has 2 aromatic rings. The molecule has 2 fully saturated rings. The summed E-state index contributed by atoms with van der Waals surface area (Å²) in [7, 11) is 1.65. The number of amides is 1. The van der Waals surface area contributed by atoms with Gasteiger partial charge < -0.3 is 14.7 Å². The zero-order valence-corrected chi connectivity index (χ0v) is 15.8. The van der Waals surface area contributed by atoms with E-state index in [1.807, 2.05) is 59.5 Å². The minimum Gasteiger partial charge on any atom is -0.497 e. The molecule has 1 N–H and O–H groups in total.